The van der Waals surface area contributed by atoms with Crippen molar-refractivity contribution in [2.75, 3.05) is 6.54 Å². The molecule has 21 heavy (non-hydrogen) atoms. The smallest absolute Gasteiger partial charge is 0.0936 e. The molecule has 0 saturated heterocycles. The van der Waals surface area contributed by atoms with Crippen molar-refractivity contribution in [3.05, 3.63) is 34.9 Å². The van der Waals surface area contributed by atoms with Crippen LogP contribution in [-0.4, -0.2) is 11.7 Å². The highest BCUT2D eigenvalue weighted by atomic mass is 16.3. The highest BCUT2D eigenvalue weighted by Crippen LogP contribution is 2.51. The van der Waals surface area contributed by atoms with E-state index < -0.39 is 5.60 Å². The zero-order chi connectivity index (χ0) is 15.7. The minimum Gasteiger partial charge on any atom is -0.385 e. The average molecular weight is 289 g/mol. The molecule has 3 N–H and O–H groups in total. The second-order valence-corrected chi connectivity index (χ2v) is 7.21. The number of aryl methyl sites for hydroxylation is 2. The van der Waals surface area contributed by atoms with E-state index in [4.69, 9.17) is 5.73 Å². The zero-order valence-electron chi connectivity index (χ0n) is 14.1. The van der Waals surface area contributed by atoms with Crippen LogP contribution in [0.3, 0.4) is 0 Å². The van der Waals surface area contributed by atoms with Gasteiger partial charge >= 0.3 is 0 Å². The molecule has 0 amide bonds. The highest BCUT2D eigenvalue weighted by Gasteiger charge is 2.48. The monoisotopic (exact) mass is 289 g/mol. The van der Waals surface area contributed by atoms with E-state index in [1.807, 2.05) is 6.92 Å². The minimum absolute atomic E-state index is 0.180. The normalized spacial score (nSPS) is 29.1. The van der Waals surface area contributed by atoms with E-state index in [1.165, 1.54) is 30.4 Å². The Kier molecular flexibility index (Phi) is 4.79. The van der Waals surface area contributed by atoms with Gasteiger partial charge < -0.3 is 10.8 Å². The summed E-state index contributed by atoms with van der Waals surface area (Å²) in [5.41, 5.74) is 8.66. The first-order valence-electron chi connectivity index (χ1n) is 8.36. The molecule has 0 heterocycles. The number of rotatable bonds is 4. The fourth-order valence-electron chi connectivity index (χ4n) is 3.88. The predicted molar refractivity (Wildman–Crippen MR) is 89.2 cm³/mol. The molecule has 0 radical (unpaired) electrons. The molecule has 1 aromatic carbocycles. The van der Waals surface area contributed by atoms with Crippen LogP contribution in [0.5, 0.6) is 0 Å². The lowest BCUT2D eigenvalue weighted by molar-refractivity contribution is -0.0981. The van der Waals surface area contributed by atoms with Crippen molar-refractivity contribution in [1.82, 2.24) is 0 Å². The summed E-state index contributed by atoms with van der Waals surface area (Å²) in [5.74, 6) is 0.806. The summed E-state index contributed by atoms with van der Waals surface area (Å²) in [5, 5.41) is 11.4. The molecule has 1 aliphatic rings. The van der Waals surface area contributed by atoms with Gasteiger partial charge in [0, 0.05) is 12.0 Å². The van der Waals surface area contributed by atoms with Crippen molar-refractivity contribution in [2.45, 2.75) is 65.4 Å². The fraction of sp³-hybridized carbons (Fsp3) is 0.684. The van der Waals surface area contributed by atoms with E-state index in [0.29, 0.717) is 6.54 Å². The summed E-state index contributed by atoms with van der Waals surface area (Å²) in [6.07, 6.45) is 5.68. The van der Waals surface area contributed by atoms with Crippen LogP contribution in [0.2, 0.25) is 0 Å². The number of benzene rings is 1. The van der Waals surface area contributed by atoms with Crippen molar-refractivity contribution in [1.29, 1.82) is 0 Å². The quantitative estimate of drug-likeness (QED) is 0.878. The molecule has 0 bridgehead atoms. The predicted octanol–water partition coefficient (Wildman–Crippen LogP) is 4.06. The van der Waals surface area contributed by atoms with Crippen molar-refractivity contribution >= 4 is 0 Å². The third-order valence-corrected chi connectivity index (χ3v) is 6.13. The summed E-state index contributed by atoms with van der Waals surface area (Å²) < 4.78 is 0. The van der Waals surface area contributed by atoms with Crippen molar-refractivity contribution in [3.63, 3.8) is 0 Å². The molecule has 2 heteroatoms. The Morgan fingerprint density at radius 1 is 1.24 bits per heavy atom. The van der Waals surface area contributed by atoms with Gasteiger partial charge in [-0.2, -0.15) is 0 Å². The minimum atomic E-state index is -0.848. The molecule has 1 aromatic rings. The Labute approximate surface area is 129 Å². The van der Waals surface area contributed by atoms with E-state index in [1.54, 1.807) is 0 Å². The van der Waals surface area contributed by atoms with Gasteiger partial charge in [0.25, 0.3) is 0 Å². The second kappa shape index (κ2) is 6.10. The molecule has 118 valence electrons. The van der Waals surface area contributed by atoms with Crippen LogP contribution in [0.15, 0.2) is 18.2 Å². The van der Waals surface area contributed by atoms with Crippen LogP contribution in [0, 0.1) is 25.2 Å². The van der Waals surface area contributed by atoms with E-state index in [9.17, 15) is 5.11 Å². The first-order valence-corrected chi connectivity index (χ1v) is 8.36. The summed E-state index contributed by atoms with van der Waals surface area (Å²) in [6.45, 7) is 9.01. The van der Waals surface area contributed by atoms with Gasteiger partial charge in [-0.3, -0.25) is 0 Å². The summed E-state index contributed by atoms with van der Waals surface area (Å²) >= 11 is 0. The van der Waals surface area contributed by atoms with Gasteiger partial charge in [0.05, 0.1) is 5.60 Å². The maximum Gasteiger partial charge on any atom is 0.0936 e. The number of nitrogens with two attached hydrogens (primary N) is 1. The molecule has 1 unspecified atom stereocenters. The fourth-order valence-corrected chi connectivity index (χ4v) is 3.88. The topological polar surface area (TPSA) is 46.2 Å². The molecule has 1 fully saturated rings. The molecule has 1 saturated carbocycles. The molecule has 1 atom stereocenters. The van der Waals surface area contributed by atoms with Gasteiger partial charge in [-0.05, 0) is 69.1 Å². The van der Waals surface area contributed by atoms with Crippen molar-refractivity contribution in [2.24, 2.45) is 17.1 Å². The van der Waals surface area contributed by atoms with Crippen LogP contribution >= 0.6 is 0 Å². The van der Waals surface area contributed by atoms with E-state index in [-0.39, 0.29) is 5.41 Å². The van der Waals surface area contributed by atoms with Gasteiger partial charge in [-0.15, -0.1) is 0 Å². The Balaban J connectivity index is 2.33. The van der Waals surface area contributed by atoms with Gasteiger partial charge in [0.15, 0.2) is 0 Å². The standard InChI is InChI=1S/C19H31NO/c1-5-16-8-10-19(13-20,11-9-16)18(4,21)17-7-6-14(2)15(3)12-17/h6-7,12,16,21H,5,8-11,13,20H2,1-4H3. The average Bonchev–Trinajstić information content (AvgIpc) is 2.49. The SMILES string of the molecule is CCC1CCC(CN)(C(C)(O)c2ccc(C)c(C)c2)CC1. The molecule has 1 aliphatic carbocycles. The largest absolute Gasteiger partial charge is 0.385 e. The zero-order valence-corrected chi connectivity index (χ0v) is 14.1. The molecule has 0 aromatic heterocycles. The van der Waals surface area contributed by atoms with E-state index in [2.05, 4.69) is 39.0 Å². The van der Waals surface area contributed by atoms with Crippen molar-refractivity contribution in [3.8, 4) is 0 Å². The van der Waals surface area contributed by atoms with Crippen LogP contribution in [0.25, 0.3) is 0 Å². The number of hydrogen-bond acceptors (Lipinski definition) is 2. The molecule has 2 rings (SSSR count). The Hall–Kier alpha value is -0.860. The third kappa shape index (κ3) is 2.89. The summed E-state index contributed by atoms with van der Waals surface area (Å²) in [6, 6.07) is 6.32. The Morgan fingerprint density at radius 3 is 2.33 bits per heavy atom. The highest BCUT2D eigenvalue weighted by molar-refractivity contribution is 5.34. The first kappa shape index (κ1) is 16.5. The van der Waals surface area contributed by atoms with Gasteiger partial charge in [0.1, 0.15) is 0 Å². The number of aliphatic hydroxyl groups is 1. The van der Waals surface area contributed by atoms with Crippen LogP contribution in [0.4, 0.5) is 0 Å². The molecule has 0 spiro atoms. The second-order valence-electron chi connectivity index (χ2n) is 7.21. The van der Waals surface area contributed by atoms with E-state index >= 15 is 0 Å². The maximum atomic E-state index is 11.4. The Bertz CT molecular complexity index is 484. The van der Waals surface area contributed by atoms with Gasteiger partial charge in [0.2, 0.25) is 0 Å². The van der Waals surface area contributed by atoms with Gasteiger partial charge in [-0.25, -0.2) is 0 Å². The Morgan fingerprint density at radius 2 is 1.86 bits per heavy atom. The van der Waals surface area contributed by atoms with Crippen LogP contribution < -0.4 is 5.73 Å². The van der Waals surface area contributed by atoms with Crippen LogP contribution in [-0.2, 0) is 5.60 Å². The maximum absolute atomic E-state index is 11.4. The summed E-state index contributed by atoms with van der Waals surface area (Å²) in [4.78, 5) is 0. The first-order chi connectivity index (χ1) is 9.86. The molecular weight excluding hydrogens is 258 g/mol. The molecule has 0 aliphatic heterocycles. The molecule has 2 nitrogen and oxygen atoms in total. The van der Waals surface area contributed by atoms with Crippen molar-refractivity contribution < 1.29 is 5.11 Å². The lowest BCUT2D eigenvalue weighted by Gasteiger charge is -2.49. The molecular formula is C19H31NO. The summed E-state index contributed by atoms with van der Waals surface area (Å²) in [7, 11) is 0. The van der Waals surface area contributed by atoms with Crippen LogP contribution in [0.1, 0.15) is 62.6 Å². The van der Waals surface area contributed by atoms with Gasteiger partial charge in [-0.1, -0.05) is 31.5 Å². The third-order valence-electron chi connectivity index (χ3n) is 6.13. The lowest BCUT2D eigenvalue weighted by atomic mass is 9.59. The number of hydrogen-bond donors (Lipinski definition) is 2. The lowest BCUT2D eigenvalue weighted by Crippen LogP contribution is -2.50. The van der Waals surface area contributed by atoms with E-state index in [0.717, 1.165) is 24.3 Å².